The van der Waals surface area contributed by atoms with Crippen molar-refractivity contribution in [3.63, 3.8) is 0 Å². The van der Waals surface area contributed by atoms with Gasteiger partial charge in [-0.05, 0) is 29.8 Å². The normalized spacial score (nSPS) is 15.9. The van der Waals surface area contributed by atoms with Gasteiger partial charge in [0, 0.05) is 18.7 Å². The molecule has 0 saturated carbocycles. The molecule has 0 fully saturated rings. The van der Waals surface area contributed by atoms with Crippen molar-refractivity contribution < 1.29 is 19.1 Å². The third-order valence-electron chi connectivity index (χ3n) is 4.05. The monoisotopic (exact) mass is 337 g/mol. The fourth-order valence-electron chi connectivity index (χ4n) is 2.70. The number of carbonyl (C=O) groups excluding carboxylic acids is 2. The molecule has 0 aromatic heterocycles. The van der Waals surface area contributed by atoms with Crippen LogP contribution >= 0.6 is 0 Å². The minimum absolute atomic E-state index is 0.0106. The molecule has 0 bridgehead atoms. The van der Waals surface area contributed by atoms with Crippen LogP contribution in [0.2, 0.25) is 0 Å². The third kappa shape index (κ3) is 4.07. The molecule has 1 aliphatic heterocycles. The summed E-state index contributed by atoms with van der Waals surface area (Å²) in [5.74, 6) is 0.242. The summed E-state index contributed by atoms with van der Waals surface area (Å²) >= 11 is 0. The SMILES string of the molecule is COC(=O)c1cccc(C2C=CN(C(=O)COc3ccccc3)C2)c1. The zero-order valence-corrected chi connectivity index (χ0v) is 13.9. The molecule has 3 rings (SSSR count). The van der Waals surface area contributed by atoms with E-state index < -0.39 is 0 Å². The van der Waals surface area contributed by atoms with Crippen molar-refractivity contribution >= 4 is 11.9 Å². The van der Waals surface area contributed by atoms with E-state index in [2.05, 4.69) is 0 Å². The van der Waals surface area contributed by atoms with Gasteiger partial charge < -0.3 is 14.4 Å². The van der Waals surface area contributed by atoms with E-state index in [-0.39, 0.29) is 24.4 Å². The van der Waals surface area contributed by atoms with Crippen LogP contribution in [0.25, 0.3) is 0 Å². The summed E-state index contributed by atoms with van der Waals surface area (Å²) in [5.41, 5.74) is 1.48. The number of carbonyl (C=O) groups is 2. The minimum atomic E-state index is -0.368. The molecule has 2 aromatic rings. The summed E-state index contributed by atoms with van der Waals surface area (Å²) in [5, 5.41) is 0. The lowest BCUT2D eigenvalue weighted by molar-refractivity contribution is -0.130. The largest absolute Gasteiger partial charge is 0.484 e. The Kier molecular flexibility index (Phi) is 5.14. The van der Waals surface area contributed by atoms with Crippen molar-refractivity contribution in [1.82, 2.24) is 4.90 Å². The van der Waals surface area contributed by atoms with E-state index in [1.54, 1.807) is 23.2 Å². The van der Waals surface area contributed by atoms with Gasteiger partial charge in [-0.15, -0.1) is 0 Å². The van der Waals surface area contributed by atoms with Crippen LogP contribution < -0.4 is 4.74 Å². The van der Waals surface area contributed by atoms with E-state index in [9.17, 15) is 9.59 Å². The molecule has 0 saturated heterocycles. The predicted molar refractivity (Wildman–Crippen MR) is 93.3 cm³/mol. The maximum atomic E-state index is 12.3. The number of nitrogens with zero attached hydrogens (tertiary/aromatic N) is 1. The van der Waals surface area contributed by atoms with Gasteiger partial charge in [0.05, 0.1) is 12.7 Å². The molecule has 0 radical (unpaired) electrons. The molecule has 1 amide bonds. The summed E-state index contributed by atoms with van der Waals surface area (Å²) in [7, 11) is 1.36. The van der Waals surface area contributed by atoms with E-state index in [1.807, 2.05) is 48.5 Å². The molecular formula is C20H19NO4. The standard InChI is InChI=1S/C20H19NO4/c1-24-20(23)16-7-5-6-15(12-16)17-10-11-21(13-17)19(22)14-25-18-8-3-2-4-9-18/h2-12,17H,13-14H2,1H3. The Morgan fingerprint density at radius 3 is 2.68 bits per heavy atom. The zero-order chi connectivity index (χ0) is 17.6. The van der Waals surface area contributed by atoms with Gasteiger partial charge in [-0.25, -0.2) is 4.79 Å². The molecular weight excluding hydrogens is 318 g/mol. The first-order valence-corrected chi connectivity index (χ1v) is 8.01. The topological polar surface area (TPSA) is 55.8 Å². The van der Waals surface area contributed by atoms with Crippen LogP contribution in [0.3, 0.4) is 0 Å². The van der Waals surface area contributed by atoms with Crippen LogP contribution in [-0.4, -0.2) is 37.0 Å². The maximum absolute atomic E-state index is 12.3. The lowest BCUT2D eigenvalue weighted by atomic mass is 9.98. The summed E-state index contributed by atoms with van der Waals surface area (Å²) in [6, 6.07) is 16.5. The molecule has 0 spiro atoms. The molecule has 0 N–H and O–H groups in total. The Morgan fingerprint density at radius 1 is 1.12 bits per heavy atom. The van der Waals surface area contributed by atoms with Gasteiger partial charge in [0.15, 0.2) is 6.61 Å². The Hall–Kier alpha value is -3.08. The van der Waals surface area contributed by atoms with E-state index in [0.717, 1.165) is 5.56 Å². The summed E-state index contributed by atoms with van der Waals surface area (Å²) < 4.78 is 10.2. The highest BCUT2D eigenvalue weighted by atomic mass is 16.5. The van der Waals surface area contributed by atoms with Gasteiger partial charge in [-0.1, -0.05) is 36.4 Å². The number of benzene rings is 2. The number of para-hydroxylation sites is 1. The molecule has 5 nitrogen and oxygen atoms in total. The average molecular weight is 337 g/mol. The second-order valence-corrected chi connectivity index (χ2v) is 5.71. The van der Waals surface area contributed by atoms with Crippen LogP contribution in [-0.2, 0) is 9.53 Å². The van der Waals surface area contributed by atoms with Crippen molar-refractivity contribution in [3.8, 4) is 5.75 Å². The van der Waals surface area contributed by atoms with Crippen LogP contribution in [0.15, 0.2) is 66.9 Å². The van der Waals surface area contributed by atoms with Crippen molar-refractivity contribution in [2.45, 2.75) is 5.92 Å². The number of methoxy groups -OCH3 is 1. The number of ether oxygens (including phenoxy) is 2. The first kappa shape index (κ1) is 16.8. The predicted octanol–water partition coefficient (Wildman–Crippen LogP) is 2.99. The molecule has 5 heteroatoms. The molecule has 1 aliphatic rings. The number of hydrogen-bond donors (Lipinski definition) is 0. The smallest absolute Gasteiger partial charge is 0.337 e. The van der Waals surface area contributed by atoms with Gasteiger partial charge in [-0.3, -0.25) is 4.79 Å². The average Bonchev–Trinajstić information content (AvgIpc) is 3.17. The molecule has 1 unspecified atom stereocenters. The van der Waals surface area contributed by atoms with Gasteiger partial charge in [0.2, 0.25) is 0 Å². The molecule has 1 heterocycles. The molecule has 128 valence electrons. The van der Waals surface area contributed by atoms with Crippen molar-refractivity contribution in [3.05, 3.63) is 78.0 Å². The number of esters is 1. The van der Waals surface area contributed by atoms with E-state index >= 15 is 0 Å². The van der Waals surface area contributed by atoms with E-state index in [1.165, 1.54) is 7.11 Å². The zero-order valence-electron chi connectivity index (χ0n) is 13.9. The molecule has 1 atom stereocenters. The van der Waals surface area contributed by atoms with Crippen molar-refractivity contribution in [2.24, 2.45) is 0 Å². The van der Waals surface area contributed by atoms with E-state index in [4.69, 9.17) is 9.47 Å². The first-order valence-electron chi connectivity index (χ1n) is 8.01. The van der Waals surface area contributed by atoms with Crippen molar-refractivity contribution in [2.75, 3.05) is 20.3 Å². The fourth-order valence-corrected chi connectivity index (χ4v) is 2.70. The van der Waals surface area contributed by atoms with Crippen LogP contribution in [0.4, 0.5) is 0 Å². The van der Waals surface area contributed by atoms with Gasteiger partial charge in [-0.2, -0.15) is 0 Å². The van der Waals surface area contributed by atoms with Crippen molar-refractivity contribution in [1.29, 1.82) is 0 Å². The Balaban J connectivity index is 1.59. The summed E-state index contributed by atoms with van der Waals surface area (Å²) in [4.78, 5) is 25.6. The Morgan fingerprint density at radius 2 is 1.92 bits per heavy atom. The fraction of sp³-hybridized carbons (Fsp3) is 0.200. The molecule has 0 aliphatic carbocycles. The highest BCUT2D eigenvalue weighted by molar-refractivity contribution is 5.89. The Bertz CT molecular complexity index is 785. The minimum Gasteiger partial charge on any atom is -0.484 e. The third-order valence-corrected chi connectivity index (χ3v) is 4.05. The lowest BCUT2D eigenvalue weighted by Gasteiger charge is -2.17. The second-order valence-electron chi connectivity index (χ2n) is 5.71. The van der Waals surface area contributed by atoms with Crippen LogP contribution in [0, 0.1) is 0 Å². The molecule has 2 aromatic carbocycles. The highest BCUT2D eigenvalue weighted by Crippen LogP contribution is 2.25. The van der Waals surface area contributed by atoms with Gasteiger partial charge in [0.1, 0.15) is 5.75 Å². The highest BCUT2D eigenvalue weighted by Gasteiger charge is 2.23. The van der Waals surface area contributed by atoms with E-state index in [0.29, 0.717) is 17.9 Å². The van der Waals surface area contributed by atoms with Crippen LogP contribution in [0.5, 0.6) is 5.75 Å². The Labute approximate surface area is 146 Å². The summed E-state index contributed by atoms with van der Waals surface area (Å²) in [6.45, 7) is 0.519. The second kappa shape index (κ2) is 7.66. The number of amides is 1. The summed E-state index contributed by atoms with van der Waals surface area (Å²) in [6.07, 6.45) is 3.73. The van der Waals surface area contributed by atoms with Gasteiger partial charge >= 0.3 is 5.97 Å². The first-order chi connectivity index (χ1) is 12.2. The van der Waals surface area contributed by atoms with Crippen LogP contribution in [0.1, 0.15) is 21.8 Å². The number of hydrogen-bond acceptors (Lipinski definition) is 4. The maximum Gasteiger partial charge on any atom is 0.337 e. The quantitative estimate of drug-likeness (QED) is 0.787. The molecule has 25 heavy (non-hydrogen) atoms. The number of rotatable bonds is 5. The lowest BCUT2D eigenvalue weighted by Crippen LogP contribution is -2.30. The van der Waals surface area contributed by atoms with Gasteiger partial charge in [0.25, 0.3) is 5.91 Å².